The van der Waals surface area contributed by atoms with Crippen LogP contribution < -0.4 is 9.64 Å². The molecule has 0 radical (unpaired) electrons. The monoisotopic (exact) mass is 601 g/mol. The summed E-state index contributed by atoms with van der Waals surface area (Å²) in [4.78, 5) is 48.6. The summed E-state index contributed by atoms with van der Waals surface area (Å²) in [6.45, 7) is 10.7. The number of benzene rings is 2. The molecule has 9 heteroatoms. The average molecular weight is 602 g/mol. The number of anilines is 1. The van der Waals surface area contributed by atoms with E-state index in [-0.39, 0.29) is 37.4 Å². The highest BCUT2D eigenvalue weighted by Gasteiger charge is 2.79. The van der Waals surface area contributed by atoms with Crippen molar-refractivity contribution in [1.82, 2.24) is 9.80 Å². The van der Waals surface area contributed by atoms with E-state index in [4.69, 9.17) is 9.47 Å². The van der Waals surface area contributed by atoms with Gasteiger partial charge < -0.3 is 29.3 Å². The van der Waals surface area contributed by atoms with E-state index in [0.29, 0.717) is 50.2 Å². The smallest absolute Gasteiger partial charge is 0.253 e. The predicted molar refractivity (Wildman–Crippen MR) is 168 cm³/mol. The first kappa shape index (κ1) is 31.5. The maximum atomic E-state index is 14.7. The number of methoxy groups -OCH3 is 1. The van der Waals surface area contributed by atoms with Gasteiger partial charge in [0.25, 0.3) is 5.91 Å². The van der Waals surface area contributed by atoms with E-state index in [9.17, 15) is 19.5 Å². The number of aliphatic hydroxyl groups excluding tert-OH is 1. The van der Waals surface area contributed by atoms with Gasteiger partial charge in [-0.3, -0.25) is 14.4 Å². The van der Waals surface area contributed by atoms with Crippen LogP contribution in [0, 0.1) is 11.8 Å². The van der Waals surface area contributed by atoms with Crippen molar-refractivity contribution in [2.45, 2.75) is 56.4 Å². The van der Waals surface area contributed by atoms with E-state index >= 15 is 0 Å². The standard InChI is InChI=1S/C35H43N3O6/c1-5-20-36(24-25-12-9-8-10-13-25)31(40)28-29-32(41)38(22-11-23-39)30(35(29)19-18-34(28,7-3)44-35)33(42)37(21-6-2)26-14-16-27(43-4)17-15-26/h5-6,8-10,12-17,28-30,39H,1-2,7,11,18-24H2,3-4H3/t28-,29-,30?,34+,35?/m0/s1. The number of fused-ring (bicyclic) bond motifs is 1. The van der Waals surface area contributed by atoms with Crippen LogP contribution in [0.5, 0.6) is 5.75 Å². The lowest BCUT2D eigenvalue weighted by Crippen LogP contribution is -2.56. The normalized spacial score (nSPS) is 26.8. The molecule has 2 aromatic carbocycles. The van der Waals surface area contributed by atoms with Crippen LogP contribution in [0.3, 0.4) is 0 Å². The lowest BCUT2D eigenvalue weighted by molar-refractivity contribution is -0.151. The highest BCUT2D eigenvalue weighted by molar-refractivity contribution is 6.05. The highest BCUT2D eigenvalue weighted by atomic mass is 16.5. The van der Waals surface area contributed by atoms with E-state index in [1.165, 1.54) is 0 Å². The zero-order chi connectivity index (χ0) is 31.5. The van der Waals surface area contributed by atoms with E-state index in [1.54, 1.807) is 58.2 Å². The van der Waals surface area contributed by atoms with Crippen molar-refractivity contribution in [3.05, 3.63) is 85.5 Å². The first-order valence-corrected chi connectivity index (χ1v) is 15.4. The van der Waals surface area contributed by atoms with Crippen LogP contribution in [0.1, 0.15) is 38.2 Å². The Morgan fingerprint density at radius 3 is 2.39 bits per heavy atom. The Hall–Kier alpha value is -3.95. The third-order valence-corrected chi connectivity index (χ3v) is 9.58. The first-order valence-electron chi connectivity index (χ1n) is 15.4. The van der Waals surface area contributed by atoms with Crippen LogP contribution in [-0.4, -0.2) is 83.2 Å². The SMILES string of the molecule is C=CCN(Cc1ccccc1)C(=O)[C@@H]1[C@H]2C(=O)N(CCCO)C(C(=O)N(CC=C)c3ccc(OC)cc3)C23CC[C@@]1(CC)O3. The molecule has 3 saturated heterocycles. The van der Waals surface area contributed by atoms with Gasteiger partial charge in [0.05, 0.1) is 24.5 Å². The lowest BCUT2D eigenvalue weighted by atomic mass is 9.64. The molecule has 0 saturated carbocycles. The molecule has 1 spiro atoms. The van der Waals surface area contributed by atoms with Gasteiger partial charge in [0.1, 0.15) is 17.4 Å². The Bertz CT molecular complexity index is 1380. The molecule has 3 fully saturated rings. The second-order valence-electron chi connectivity index (χ2n) is 11.9. The number of carbonyl (C=O) groups excluding carboxylic acids is 3. The number of ether oxygens (including phenoxy) is 2. The zero-order valence-corrected chi connectivity index (χ0v) is 25.7. The fourth-order valence-electron chi connectivity index (χ4n) is 7.60. The van der Waals surface area contributed by atoms with Crippen molar-refractivity contribution < 1.29 is 29.0 Å². The maximum absolute atomic E-state index is 14.7. The molecule has 5 atom stereocenters. The minimum Gasteiger partial charge on any atom is -0.497 e. The van der Waals surface area contributed by atoms with E-state index < -0.39 is 29.1 Å². The van der Waals surface area contributed by atoms with E-state index in [1.807, 2.05) is 37.3 Å². The maximum Gasteiger partial charge on any atom is 0.253 e. The van der Waals surface area contributed by atoms with Gasteiger partial charge >= 0.3 is 0 Å². The Morgan fingerprint density at radius 2 is 1.77 bits per heavy atom. The molecule has 5 rings (SSSR count). The summed E-state index contributed by atoms with van der Waals surface area (Å²) in [7, 11) is 1.58. The van der Waals surface area contributed by atoms with Gasteiger partial charge in [-0.1, -0.05) is 49.4 Å². The molecular formula is C35H43N3O6. The van der Waals surface area contributed by atoms with Crippen LogP contribution in [0.4, 0.5) is 5.69 Å². The third kappa shape index (κ3) is 5.22. The molecule has 0 aromatic heterocycles. The first-order chi connectivity index (χ1) is 21.3. The number of aliphatic hydroxyl groups is 1. The molecule has 2 aromatic rings. The largest absolute Gasteiger partial charge is 0.497 e. The van der Waals surface area contributed by atoms with Gasteiger partial charge in [-0.25, -0.2) is 0 Å². The number of amides is 3. The van der Waals surface area contributed by atoms with E-state index in [2.05, 4.69) is 13.2 Å². The van der Waals surface area contributed by atoms with Crippen LogP contribution in [-0.2, 0) is 25.7 Å². The fraction of sp³-hybridized carbons (Fsp3) is 0.457. The molecule has 2 unspecified atom stereocenters. The molecule has 3 amide bonds. The van der Waals surface area contributed by atoms with Crippen LogP contribution in [0.15, 0.2) is 79.9 Å². The second kappa shape index (κ2) is 13.0. The minimum atomic E-state index is -1.17. The topological polar surface area (TPSA) is 99.6 Å². The third-order valence-electron chi connectivity index (χ3n) is 9.58. The fourth-order valence-corrected chi connectivity index (χ4v) is 7.60. The quantitative estimate of drug-likeness (QED) is 0.329. The Kier molecular flexibility index (Phi) is 9.27. The molecule has 3 heterocycles. The van der Waals surface area contributed by atoms with Gasteiger partial charge in [0.2, 0.25) is 11.8 Å². The molecule has 3 aliphatic heterocycles. The number of hydrogen-bond acceptors (Lipinski definition) is 6. The number of rotatable bonds is 14. The predicted octanol–water partition coefficient (Wildman–Crippen LogP) is 3.97. The van der Waals surface area contributed by atoms with Crippen LogP contribution in [0.25, 0.3) is 0 Å². The lowest BCUT2D eigenvalue weighted by Gasteiger charge is -2.37. The zero-order valence-electron chi connectivity index (χ0n) is 25.7. The molecule has 1 N–H and O–H groups in total. The number of carbonyl (C=O) groups is 3. The summed E-state index contributed by atoms with van der Waals surface area (Å²) < 4.78 is 12.3. The van der Waals surface area contributed by atoms with Gasteiger partial charge in [0, 0.05) is 38.5 Å². The van der Waals surface area contributed by atoms with Gasteiger partial charge in [0.15, 0.2) is 0 Å². The summed E-state index contributed by atoms with van der Waals surface area (Å²) in [5.41, 5.74) is -0.422. The van der Waals surface area contributed by atoms with Crippen molar-refractivity contribution in [2.24, 2.45) is 11.8 Å². The van der Waals surface area contributed by atoms with Crippen molar-refractivity contribution in [2.75, 3.05) is 38.3 Å². The van der Waals surface area contributed by atoms with Crippen LogP contribution >= 0.6 is 0 Å². The van der Waals surface area contributed by atoms with Crippen LogP contribution in [0.2, 0.25) is 0 Å². The minimum absolute atomic E-state index is 0.135. The van der Waals surface area contributed by atoms with Crippen molar-refractivity contribution in [3.8, 4) is 5.75 Å². The highest BCUT2D eigenvalue weighted by Crippen LogP contribution is 2.64. The van der Waals surface area contributed by atoms with Gasteiger partial charge in [-0.05, 0) is 55.5 Å². The molecule has 44 heavy (non-hydrogen) atoms. The summed E-state index contributed by atoms with van der Waals surface area (Å²) in [5.74, 6) is -1.64. The number of likely N-dealkylation sites (tertiary alicyclic amines) is 1. The number of nitrogens with zero attached hydrogens (tertiary/aromatic N) is 3. The van der Waals surface area contributed by atoms with Crippen molar-refractivity contribution in [3.63, 3.8) is 0 Å². The molecule has 2 bridgehead atoms. The summed E-state index contributed by atoms with van der Waals surface area (Å²) in [6, 6.07) is 15.9. The van der Waals surface area contributed by atoms with Gasteiger partial charge in [-0.2, -0.15) is 0 Å². The van der Waals surface area contributed by atoms with Crippen molar-refractivity contribution in [1.29, 1.82) is 0 Å². The molecule has 9 nitrogen and oxygen atoms in total. The molecule has 234 valence electrons. The molecular weight excluding hydrogens is 558 g/mol. The Balaban J connectivity index is 1.56. The Morgan fingerprint density at radius 1 is 1.07 bits per heavy atom. The summed E-state index contributed by atoms with van der Waals surface area (Å²) in [6.07, 6.45) is 5.23. The number of hydrogen-bond donors (Lipinski definition) is 1. The average Bonchev–Trinajstić information content (AvgIpc) is 3.65. The Labute approximate surface area is 259 Å². The second-order valence-corrected chi connectivity index (χ2v) is 11.9. The van der Waals surface area contributed by atoms with E-state index in [0.717, 1.165) is 5.56 Å². The molecule has 3 aliphatic rings. The van der Waals surface area contributed by atoms with Gasteiger partial charge in [-0.15, -0.1) is 13.2 Å². The molecule has 0 aliphatic carbocycles. The summed E-state index contributed by atoms with van der Waals surface area (Å²) >= 11 is 0. The van der Waals surface area contributed by atoms with Crippen molar-refractivity contribution >= 4 is 23.4 Å². The summed E-state index contributed by atoms with van der Waals surface area (Å²) in [5, 5.41) is 9.72.